The third-order valence-electron chi connectivity index (χ3n) is 3.48. The van der Waals surface area contributed by atoms with E-state index < -0.39 is 21.3 Å². The van der Waals surface area contributed by atoms with E-state index in [-0.39, 0.29) is 5.92 Å². The summed E-state index contributed by atoms with van der Waals surface area (Å²) in [6.45, 7) is 5.72. The van der Waals surface area contributed by atoms with E-state index in [2.05, 4.69) is 4.72 Å². The van der Waals surface area contributed by atoms with Gasteiger partial charge in [0, 0.05) is 0 Å². The van der Waals surface area contributed by atoms with Gasteiger partial charge in [0.25, 0.3) is 0 Å². The second-order valence-electron chi connectivity index (χ2n) is 6.11. The molecule has 104 valence electrons. The lowest BCUT2D eigenvalue weighted by Gasteiger charge is -2.32. The molecule has 1 saturated carbocycles. The lowest BCUT2D eigenvalue weighted by atomic mass is 9.87. The van der Waals surface area contributed by atoms with Gasteiger partial charge in [0.1, 0.15) is 11.8 Å². The van der Waals surface area contributed by atoms with E-state index in [1.807, 2.05) is 51.1 Å². The Morgan fingerprint density at radius 1 is 1.21 bits per heavy atom. The highest BCUT2D eigenvalue weighted by Gasteiger charge is 2.48. The fraction of sp³-hybridized carbons (Fsp3) is 0.533. The maximum absolute atomic E-state index is 12.4. The van der Waals surface area contributed by atoms with Gasteiger partial charge < -0.3 is 4.79 Å². The summed E-state index contributed by atoms with van der Waals surface area (Å²) in [4.78, 5) is 11.8. The van der Waals surface area contributed by atoms with E-state index in [0.717, 1.165) is 24.7 Å². The zero-order valence-electron chi connectivity index (χ0n) is 11.7. The summed E-state index contributed by atoms with van der Waals surface area (Å²) in [5.41, 5.74) is 0.101. The predicted octanol–water partition coefficient (Wildman–Crippen LogP) is 2.54. The van der Waals surface area contributed by atoms with E-state index >= 15 is 0 Å². The van der Waals surface area contributed by atoms with Crippen molar-refractivity contribution in [3.63, 3.8) is 0 Å². The Hall–Kier alpha value is -1.00. The Morgan fingerprint density at radius 3 is 2.21 bits per heavy atom. The van der Waals surface area contributed by atoms with Crippen LogP contribution in [0.15, 0.2) is 30.3 Å². The molecule has 0 aliphatic heterocycles. The highest BCUT2D eigenvalue weighted by molar-refractivity contribution is 7.84. The maximum atomic E-state index is 12.4. The van der Waals surface area contributed by atoms with Crippen molar-refractivity contribution in [3.8, 4) is 0 Å². The first-order valence-electron chi connectivity index (χ1n) is 6.62. The Kier molecular flexibility index (Phi) is 3.92. The number of benzene rings is 1. The number of hydrogen-bond acceptors (Lipinski definition) is 2. The van der Waals surface area contributed by atoms with Crippen LogP contribution in [0.2, 0.25) is 0 Å². The molecule has 1 aliphatic rings. The molecule has 0 amide bonds. The van der Waals surface area contributed by atoms with Crippen LogP contribution in [-0.4, -0.2) is 15.2 Å². The smallest absolute Gasteiger partial charge is 0.145 e. The summed E-state index contributed by atoms with van der Waals surface area (Å²) < 4.78 is 15.1. The molecule has 1 aliphatic carbocycles. The maximum Gasteiger partial charge on any atom is 0.145 e. The molecule has 1 aromatic rings. The SMILES string of the molecule is CC(C)(C)[S@](=O)N[C@@](C=O)(c1ccccc1)C1CC1. The quantitative estimate of drug-likeness (QED) is 0.842. The van der Waals surface area contributed by atoms with Gasteiger partial charge in [-0.25, -0.2) is 8.93 Å². The molecular formula is C15H21NO2S. The van der Waals surface area contributed by atoms with Crippen LogP contribution in [0.3, 0.4) is 0 Å². The third kappa shape index (κ3) is 2.95. The van der Waals surface area contributed by atoms with Crippen LogP contribution in [0.4, 0.5) is 0 Å². The Morgan fingerprint density at radius 2 is 1.79 bits per heavy atom. The molecule has 1 aromatic carbocycles. The molecule has 4 heteroatoms. The van der Waals surface area contributed by atoms with E-state index in [4.69, 9.17) is 0 Å². The second kappa shape index (κ2) is 5.17. The largest absolute Gasteiger partial charge is 0.301 e. The van der Waals surface area contributed by atoms with E-state index in [1.165, 1.54) is 0 Å². The molecule has 2 atom stereocenters. The van der Waals surface area contributed by atoms with E-state index in [9.17, 15) is 9.00 Å². The number of carbonyl (C=O) groups excluding carboxylic acids is 1. The number of nitrogens with one attached hydrogen (secondary N) is 1. The predicted molar refractivity (Wildman–Crippen MR) is 77.9 cm³/mol. The monoisotopic (exact) mass is 279 g/mol. The third-order valence-corrected chi connectivity index (χ3v) is 5.11. The van der Waals surface area contributed by atoms with Crippen LogP contribution in [0, 0.1) is 5.92 Å². The molecule has 1 N–H and O–H groups in total. The summed E-state index contributed by atoms with van der Waals surface area (Å²) in [6.07, 6.45) is 2.94. The minimum atomic E-state index is -1.27. The summed E-state index contributed by atoms with van der Waals surface area (Å²) >= 11 is 0. The molecule has 0 saturated heterocycles. The van der Waals surface area contributed by atoms with Gasteiger partial charge >= 0.3 is 0 Å². The van der Waals surface area contributed by atoms with Crippen molar-refractivity contribution in [2.75, 3.05) is 0 Å². The topological polar surface area (TPSA) is 46.2 Å². The van der Waals surface area contributed by atoms with E-state index in [1.54, 1.807) is 0 Å². The molecular weight excluding hydrogens is 258 g/mol. The fourth-order valence-electron chi connectivity index (χ4n) is 2.13. The first-order valence-corrected chi connectivity index (χ1v) is 7.76. The fourth-order valence-corrected chi connectivity index (χ4v) is 3.07. The Bertz CT molecular complexity index is 477. The molecule has 3 nitrogen and oxygen atoms in total. The number of aldehydes is 1. The Labute approximate surface area is 117 Å². The van der Waals surface area contributed by atoms with Crippen molar-refractivity contribution in [2.24, 2.45) is 5.92 Å². The highest BCUT2D eigenvalue weighted by Crippen LogP contribution is 2.45. The van der Waals surface area contributed by atoms with Crippen molar-refractivity contribution >= 4 is 17.3 Å². The van der Waals surface area contributed by atoms with Crippen molar-refractivity contribution in [3.05, 3.63) is 35.9 Å². The Balaban J connectivity index is 2.36. The first-order chi connectivity index (χ1) is 8.90. The van der Waals surface area contributed by atoms with Crippen molar-refractivity contribution in [1.82, 2.24) is 4.72 Å². The number of carbonyl (C=O) groups is 1. The van der Waals surface area contributed by atoms with Crippen LogP contribution in [0.25, 0.3) is 0 Å². The van der Waals surface area contributed by atoms with E-state index in [0.29, 0.717) is 0 Å². The molecule has 19 heavy (non-hydrogen) atoms. The summed E-state index contributed by atoms with van der Waals surface area (Å²) in [5, 5.41) is 0. The molecule has 0 spiro atoms. The summed E-state index contributed by atoms with van der Waals surface area (Å²) in [7, 11) is -1.27. The standard InChI is InChI=1S/C15H21NO2S/c1-14(2,3)19(18)16-15(11-17,13-9-10-13)12-7-5-4-6-8-12/h4-8,11,13,16H,9-10H2,1-3H3/t15-,19-/m0/s1. The molecule has 0 aromatic heterocycles. The molecule has 0 heterocycles. The first kappa shape index (κ1) is 14.4. The molecule has 0 radical (unpaired) electrons. The lowest BCUT2D eigenvalue weighted by molar-refractivity contribution is -0.113. The molecule has 0 unspecified atom stereocenters. The second-order valence-corrected chi connectivity index (χ2v) is 8.08. The average molecular weight is 279 g/mol. The molecule has 0 bridgehead atoms. The zero-order chi connectivity index (χ0) is 14.1. The van der Waals surface area contributed by atoms with Gasteiger partial charge in [0.15, 0.2) is 0 Å². The number of hydrogen-bond donors (Lipinski definition) is 1. The highest BCUT2D eigenvalue weighted by atomic mass is 32.2. The van der Waals surface area contributed by atoms with Gasteiger partial charge in [-0.15, -0.1) is 0 Å². The van der Waals surface area contributed by atoms with Gasteiger partial charge in [-0.3, -0.25) is 0 Å². The van der Waals surface area contributed by atoms with Crippen LogP contribution in [0.5, 0.6) is 0 Å². The average Bonchev–Trinajstić information content (AvgIpc) is 3.20. The summed E-state index contributed by atoms with van der Waals surface area (Å²) in [6, 6.07) is 9.61. The van der Waals surface area contributed by atoms with Crippen LogP contribution in [-0.2, 0) is 21.3 Å². The van der Waals surface area contributed by atoms with Crippen LogP contribution in [0.1, 0.15) is 39.2 Å². The number of rotatable bonds is 5. The van der Waals surface area contributed by atoms with Crippen LogP contribution >= 0.6 is 0 Å². The van der Waals surface area contributed by atoms with Crippen molar-refractivity contribution < 1.29 is 9.00 Å². The normalized spacial score (nSPS) is 20.6. The van der Waals surface area contributed by atoms with Gasteiger partial charge in [-0.05, 0) is 45.1 Å². The van der Waals surface area contributed by atoms with Gasteiger partial charge in [-0.2, -0.15) is 0 Å². The zero-order valence-corrected chi connectivity index (χ0v) is 12.5. The summed E-state index contributed by atoms with van der Waals surface area (Å²) in [5.74, 6) is 0.249. The molecule has 2 rings (SSSR count). The van der Waals surface area contributed by atoms with Crippen LogP contribution < -0.4 is 4.72 Å². The molecule has 1 fully saturated rings. The van der Waals surface area contributed by atoms with Crippen molar-refractivity contribution in [2.45, 2.75) is 43.9 Å². The van der Waals surface area contributed by atoms with Gasteiger partial charge in [-0.1, -0.05) is 30.3 Å². The minimum Gasteiger partial charge on any atom is -0.301 e. The van der Waals surface area contributed by atoms with Crippen molar-refractivity contribution in [1.29, 1.82) is 0 Å². The van der Waals surface area contributed by atoms with Gasteiger partial charge in [0.2, 0.25) is 0 Å². The van der Waals surface area contributed by atoms with Gasteiger partial charge in [0.05, 0.1) is 15.7 Å². The minimum absolute atomic E-state index is 0.249. The lowest BCUT2D eigenvalue weighted by Crippen LogP contribution is -2.50.